The Hall–Kier alpha value is -4.02. The second-order valence-electron chi connectivity index (χ2n) is 7.61. The van der Waals surface area contributed by atoms with Crippen LogP contribution >= 0.6 is 22.7 Å². The summed E-state index contributed by atoms with van der Waals surface area (Å²) >= 11 is 2.64. The number of carbonyl (C=O) groups excluding carboxylic acids is 1. The van der Waals surface area contributed by atoms with Crippen molar-refractivity contribution in [2.45, 2.75) is 6.54 Å². The number of rotatable bonds is 7. The first-order valence-corrected chi connectivity index (χ1v) is 12.2. The van der Waals surface area contributed by atoms with E-state index in [0.717, 1.165) is 15.0 Å². The molecule has 0 atom stereocenters. The number of nitro groups is 1. The number of ether oxygens (including phenoxy) is 2. The first kappa shape index (κ1) is 22.8. The zero-order valence-corrected chi connectivity index (χ0v) is 20.4. The number of nitro benzene ring substituents is 1. The predicted octanol–water partition coefficient (Wildman–Crippen LogP) is 6.28. The molecule has 176 valence electrons. The van der Waals surface area contributed by atoms with Gasteiger partial charge >= 0.3 is 0 Å². The molecule has 5 aromatic rings. The molecule has 0 saturated heterocycles. The smallest absolute Gasteiger partial charge is 0.270 e. The molecular weight excluding hydrogens is 486 g/mol. The van der Waals surface area contributed by atoms with E-state index in [1.807, 2.05) is 36.4 Å². The second-order valence-corrected chi connectivity index (χ2v) is 9.67. The standard InChI is InChI=1S/C25H19N3O5S2/c1-32-18-9-10-19(33-2)23-22(18)26-25(35-23)27(14-15-6-4-3-5-7-15)24(29)21-13-16-12-17(28(30)31)8-11-20(16)34-21/h3-13H,14H2,1-2H3. The van der Waals surface area contributed by atoms with Gasteiger partial charge in [-0.1, -0.05) is 41.7 Å². The Morgan fingerprint density at radius 3 is 2.46 bits per heavy atom. The third-order valence-corrected chi connectivity index (χ3v) is 7.68. The summed E-state index contributed by atoms with van der Waals surface area (Å²) in [5.41, 5.74) is 1.54. The van der Waals surface area contributed by atoms with Crippen LogP contribution in [0.4, 0.5) is 10.8 Å². The average molecular weight is 506 g/mol. The molecule has 0 spiro atoms. The minimum atomic E-state index is -0.442. The van der Waals surface area contributed by atoms with Crippen LogP contribution in [0.2, 0.25) is 0 Å². The van der Waals surface area contributed by atoms with Crippen molar-refractivity contribution in [3.63, 3.8) is 0 Å². The van der Waals surface area contributed by atoms with Gasteiger partial charge in [0.1, 0.15) is 21.7 Å². The monoisotopic (exact) mass is 505 g/mol. The van der Waals surface area contributed by atoms with E-state index in [0.29, 0.717) is 39.0 Å². The molecule has 0 unspecified atom stereocenters. The minimum Gasteiger partial charge on any atom is -0.495 e. The summed E-state index contributed by atoms with van der Waals surface area (Å²) in [6.07, 6.45) is 0. The quantitative estimate of drug-likeness (QED) is 0.191. The second kappa shape index (κ2) is 9.32. The molecule has 0 saturated carbocycles. The fraction of sp³-hybridized carbons (Fsp3) is 0.120. The maximum atomic E-state index is 13.8. The molecule has 0 radical (unpaired) electrons. The summed E-state index contributed by atoms with van der Waals surface area (Å²) < 4.78 is 12.6. The highest BCUT2D eigenvalue weighted by molar-refractivity contribution is 7.23. The molecule has 10 heteroatoms. The zero-order valence-electron chi connectivity index (χ0n) is 18.8. The molecule has 5 rings (SSSR count). The molecule has 1 amide bonds. The highest BCUT2D eigenvalue weighted by Crippen LogP contribution is 2.41. The minimum absolute atomic E-state index is 0.0131. The normalized spacial score (nSPS) is 11.0. The highest BCUT2D eigenvalue weighted by atomic mass is 32.1. The van der Waals surface area contributed by atoms with Crippen molar-refractivity contribution in [3.8, 4) is 11.5 Å². The van der Waals surface area contributed by atoms with Crippen molar-refractivity contribution in [1.82, 2.24) is 4.98 Å². The number of nitrogens with zero attached hydrogens (tertiary/aromatic N) is 3. The van der Waals surface area contributed by atoms with E-state index in [-0.39, 0.29) is 11.6 Å². The van der Waals surface area contributed by atoms with Gasteiger partial charge < -0.3 is 9.47 Å². The average Bonchev–Trinajstić information content (AvgIpc) is 3.51. The number of carbonyl (C=O) groups is 1. The van der Waals surface area contributed by atoms with Crippen molar-refractivity contribution in [2.24, 2.45) is 0 Å². The lowest BCUT2D eigenvalue weighted by Crippen LogP contribution is -2.29. The molecule has 3 aromatic carbocycles. The van der Waals surface area contributed by atoms with Gasteiger partial charge in [-0.05, 0) is 29.8 Å². The number of hydrogen-bond donors (Lipinski definition) is 0. The fourth-order valence-electron chi connectivity index (χ4n) is 3.76. The van der Waals surface area contributed by atoms with Crippen molar-refractivity contribution in [2.75, 3.05) is 19.1 Å². The Kier molecular flexibility index (Phi) is 6.06. The van der Waals surface area contributed by atoms with E-state index in [1.165, 1.54) is 34.8 Å². The molecule has 0 fully saturated rings. The molecular formula is C25H19N3O5S2. The summed E-state index contributed by atoms with van der Waals surface area (Å²) in [7, 11) is 3.16. The van der Waals surface area contributed by atoms with Crippen LogP contribution in [0.3, 0.4) is 0 Å². The van der Waals surface area contributed by atoms with Gasteiger partial charge in [-0.25, -0.2) is 4.98 Å². The van der Waals surface area contributed by atoms with E-state index >= 15 is 0 Å². The number of non-ortho nitro benzene ring substituents is 1. The van der Waals surface area contributed by atoms with Crippen molar-refractivity contribution in [1.29, 1.82) is 0 Å². The van der Waals surface area contributed by atoms with Gasteiger partial charge in [-0.2, -0.15) is 0 Å². The highest BCUT2D eigenvalue weighted by Gasteiger charge is 2.25. The van der Waals surface area contributed by atoms with Crippen LogP contribution in [0, 0.1) is 10.1 Å². The number of fused-ring (bicyclic) bond motifs is 2. The Morgan fingerprint density at radius 2 is 1.74 bits per heavy atom. The molecule has 0 aliphatic heterocycles. The third kappa shape index (κ3) is 4.29. The van der Waals surface area contributed by atoms with Crippen LogP contribution in [-0.4, -0.2) is 30.0 Å². The van der Waals surface area contributed by atoms with Gasteiger partial charge in [0, 0.05) is 22.2 Å². The van der Waals surface area contributed by atoms with Crippen molar-refractivity contribution in [3.05, 3.63) is 87.3 Å². The molecule has 2 aromatic heterocycles. The van der Waals surface area contributed by atoms with Gasteiger partial charge in [0.15, 0.2) is 5.13 Å². The number of thiazole rings is 1. The molecule has 8 nitrogen and oxygen atoms in total. The predicted molar refractivity (Wildman–Crippen MR) is 138 cm³/mol. The maximum absolute atomic E-state index is 13.8. The Balaban J connectivity index is 1.62. The van der Waals surface area contributed by atoms with E-state index < -0.39 is 4.92 Å². The van der Waals surface area contributed by atoms with Crippen LogP contribution in [-0.2, 0) is 6.54 Å². The van der Waals surface area contributed by atoms with Gasteiger partial charge in [0.25, 0.3) is 11.6 Å². The molecule has 0 bridgehead atoms. The molecule has 0 aliphatic rings. The molecule has 0 N–H and O–H groups in total. The van der Waals surface area contributed by atoms with E-state index in [1.54, 1.807) is 37.3 Å². The molecule has 2 heterocycles. The number of hydrogen-bond acceptors (Lipinski definition) is 8. The Labute approximate surface area is 208 Å². The van der Waals surface area contributed by atoms with E-state index in [9.17, 15) is 14.9 Å². The first-order valence-electron chi connectivity index (χ1n) is 10.5. The number of aromatic nitrogens is 1. The fourth-order valence-corrected chi connectivity index (χ4v) is 5.83. The summed E-state index contributed by atoms with van der Waals surface area (Å²) in [5.74, 6) is 0.991. The maximum Gasteiger partial charge on any atom is 0.270 e. The largest absolute Gasteiger partial charge is 0.495 e. The summed E-state index contributed by atoms with van der Waals surface area (Å²) in [5, 5.41) is 12.3. The number of thiophene rings is 1. The summed E-state index contributed by atoms with van der Waals surface area (Å²) in [6, 6.07) is 19.5. The lowest BCUT2D eigenvalue weighted by atomic mass is 10.2. The summed E-state index contributed by atoms with van der Waals surface area (Å²) in [4.78, 5) is 31.4. The number of benzene rings is 3. The topological polar surface area (TPSA) is 94.8 Å². The molecule has 35 heavy (non-hydrogen) atoms. The van der Waals surface area contributed by atoms with Crippen LogP contribution < -0.4 is 14.4 Å². The first-order chi connectivity index (χ1) is 17.0. The molecule has 0 aliphatic carbocycles. The van der Waals surface area contributed by atoms with Crippen LogP contribution in [0.15, 0.2) is 66.7 Å². The summed E-state index contributed by atoms with van der Waals surface area (Å²) in [6.45, 7) is 0.304. The lowest BCUT2D eigenvalue weighted by Gasteiger charge is -2.19. The van der Waals surface area contributed by atoms with E-state index in [2.05, 4.69) is 0 Å². The van der Waals surface area contributed by atoms with Crippen LogP contribution in [0.1, 0.15) is 15.2 Å². The zero-order chi connectivity index (χ0) is 24.5. The third-order valence-electron chi connectivity index (χ3n) is 5.48. The van der Waals surface area contributed by atoms with Crippen LogP contribution in [0.25, 0.3) is 20.3 Å². The Bertz CT molecular complexity index is 1520. The van der Waals surface area contributed by atoms with Gasteiger partial charge in [0.2, 0.25) is 0 Å². The van der Waals surface area contributed by atoms with Gasteiger partial charge in [-0.3, -0.25) is 19.8 Å². The van der Waals surface area contributed by atoms with Crippen LogP contribution in [0.5, 0.6) is 11.5 Å². The van der Waals surface area contributed by atoms with E-state index in [4.69, 9.17) is 14.5 Å². The van der Waals surface area contributed by atoms with Gasteiger partial charge in [-0.15, -0.1) is 11.3 Å². The number of amides is 1. The Morgan fingerprint density at radius 1 is 1.00 bits per heavy atom. The van der Waals surface area contributed by atoms with Crippen molar-refractivity contribution >= 4 is 59.7 Å². The SMILES string of the molecule is COc1ccc(OC)c2sc(N(Cc3ccccc3)C(=O)c3cc4cc([N+](=O)[O-])ccc4s3)nc12. The van der Waals surface area contributed by atoms with Gasteiger partial charge in [0.05, 0.1) is 30.6 Å². The number of methoxy groups -OCH3 is 2. The number of anilines is 1. The van der Waals surface area contributed by atoms with Crippen molar-refractivity contribution < 1.29 is 19.2 Å². The lowest BCUT2D eigenvalue weighted by molar-refractivity contribution is -0.384.